The van der Waals surface area contributed by atoms with Gasteiger partial charge >= 0.3 is 12.1 Å². The second-order valence-corrected chi connectivity index (χ2v) is 10.6. The molecular weight excluding hydrogens is 491 g/mol. The molecule has 0 aromatic carbocycles. The predicted molar refractivity (Wildman–Crippen MR) is 107 cm³/mol. The molecule has 192 valence electrons. The van der Waals surface area contributed by atoms with Crippen molar-refractivity contribution in [2.75, 3.05) is 26.3 Å². The van der Waals surface area contributed by atoms with Gasteiger partial charge in [0.1, 0.15) is 0 Å². The summed E-state index contributed by atoms with van der Waals surface area (Å²) in [5, 5.41) is 9.11. The number of sulfonamides is 1. The van der Waals surface area contributed by atoms with Crippen LogP contribution in [-0.4, -0.2) is 77.0 Å². The van der Waals surface area contributed by atoms with Crippen LogP contribution in [0.5, 0.6) is 0 Å². The van der Waals surface area contributed by atoms with Crippen molar-refractivity contribution >= 4 is 15.9 Å². The Morgan fingerprint density at radius 1 is 1.15 bits per heavy atom. The van der Waals surface area contributed by atoms with Crippen molar-refractivity contribution in [3.05, 3.63) is 23.8 Å². The monoisotopic (exact) mass is 516 g/mol. The van der Waals surface area contributed by atoms with Crippen molar-refractivity contribution in [2.24, 2.45) is 0 Å². The van der Waals surface area contributed by atoms with E-state index in [1.165, 1.54) is 16.0 Å². The zero-order chi connectivity index (χ0) is 25.2. The molecule has 0 unspecified atom stereocenters. The van der Waals surface area contributed by atoms with Crippen LogP contribution in [0.4, 0.5) is 22.0 Å². The Labute approximate surface area is 192 Å². The number of halogens is 5. The first-order chi connectivity index (χ1) is 15.8. The van der Waals surface area contributed by atoms with E-state index < -0.39 is 45.6 Å². The molecule has 1 aromatic rings. The number of hydrogen-bond acceptors (Lipinski definition) is 7. The Bertz CT molecular complexity index is 960. The molecule has 1 aromatic heterocycles. The first-order valence-electron chi connectivity index (χ1n) is 10.6. The smallest absolute Gasteiger partial charge is 0.381 e. The van der Waals surface area contributed by atoms with E-state index in [1.54, 1.807) is 0 Å². The lowest BCUT2D eigenvalue weighted by atomic mass is 9.95. The maximum absolute atomic E-state index is 13.3. The molecule has 2 aliphatic rings. The summed E-state index contributed by atoms with van der Waals surface area (Å²) in [4.78, 5) is 20.4. The molecule has 1 amide bonds. The van der Waals surface area contributed by atoms with E-state index in [-0.39, 0.29) is 50.8 Å². The van der Waals surface area contributed by atoms with Gasteiger partial charge in [-0.3, -0.25) is 20.0 Å². The van der Waals surface area contributed by atoms with Crippen molar-refractivity contribution in [1.29, 1.82) is 0 Å². The predicted octanol–water partition coefficient (Wildman–Crippen LogP) is 2.17. The van der Waals surface area contributed by atoms with Gasteiger partial charge in [-0.1, -0.05) is 0 Å². The van der Waals surface area contributed by atoms with E-state index in [0.717, 1.165) is 6.20 Å². The van der Waals surface area contributed by atoms with Gasteiger partial charge in [0, 0.05) is 63.9 Å². The number of nitrogens with zero attached hydrogens (tertiary/aromatic N) is 3. The molecule has 34 heavy (non-hydrogen) atoms. The number of carbonyl (C=O) groups excluding carboxylic acids is 1. The molecule has 0 saturated carbocycles. The second-order valence-electron chi connectivity index (χ2n) is 8.36. The minimum Gasteiger partial charge on any atom is -0.381 e. The van der Waals surface area contributed by atoms with Gasteiger partial charge in [0.15, 0.2) is 4.75 Å². The van der Waals surface area contributed by atoms with Gasteiger partial charge in [-0.25, -0.2) is 18.2 Å². The highest BCUT2D eigenvalue weighted by Crippen LogP contribution is 2.39. The maximum atomic E-state index is 13.3. The molecule has 15 heteroatoms. The molecule has 3 rings (SSSR count). The van der Waals surface area contributed by atoms with Crippen LogP contribution in [0, 0.1) is 0 Å². The fourth-order valence-corrected chi connectivity index (χ4v) is 6.32. The number of carbonyl (C=O) groups is 1. The number of aryl methyl sites for hydroxylation is 1. The average molecular weight is 516 g/mol. The van der Waals surface area contributed by atoms with Crippen molar-refractivity contribution in [1.82, 2.24) is 19.8 Å². The summed E-state index contributed by atoms with van der Waals surface area (Å²) in [7, 11) is -4.12. The number of rotatable bonds is 7. The number of hydrogen-bond donors (Lipinski definition) is 2. The van der Waals surface area contributed by atoms with Crippen LogP contribution in [-0.2, 0) is 26.0 Å². The Morgan fingerprint density at radius 2 is 1.76 bits per heavy atom. The van der Waals surface area contributed by atoms with Crippen LogP contribution in [0.25, 0.3) is 0 Å². The van der Waals surface area contributed by atoms with Crippen LogP contribution in [0.15, 0.2) is 12.4 Å². The largest absolute Gasteiger partial charge is 0.453 e. The highest BCUT2D eigenvalue weighted by molar-refractivity contribution is 7.91. The lowest BCUT2D eigenvalue weighted by Gasteiger charge is -2.40. The van der Waals surface area contributed by atoms with Gasteiger partial charge in [-0.2, -0.15) is 22.0 Å². The fraction of sp³-hybridized carbons (Fsp3) is 0.737. The molecule has 2 fully saturated rings. The zero-order valence-electron chi connectivity index (χ0n) is 18.0. The number of nitrogens with one attached hydrogen (secondary N) is 1. The summed E-state index contributed by atoms with van der Waals surface area (Å²) in [5.41, 5.74) is 1.92. The van der Waals surface area contributed by atoms with Crippen LogP contribution in [0.3, 0.4) is 0 Å². The molecule has 2 aliphatic heterocycles. The first kappa shape index (κ1) is 26.6. The number of piperidine rings is 1. The van der Waals surface area contributed by atoms with Crippen molar-refractivity contribution in [3.63, 3.8) is 0 Å². The van der Waals surface area contributed by atoms with Crippen molar-refractivity contribution < 1.29 is 45.1 Å². The average Bonchev–Trinajstić information content (AvgIpc) is 2.82. The molecule has 9 nitrogen and oxygen atoms in total. The Hall–Kier alpha value is -1.97. The number of hydroxylamine groups is 1. The van der Waals surface area contributed by atoms with E-state index >= 15 is 0 Å². The first-order valence-corrected chi connectivity index (χ1v) is 12.1. The Balaban J connectivity index is 1.63. The quantitative estimate of drug-likeness (QED) is 0.324. The van der Waals surface area contributed by atoms with Crippen LogP contribution in [0.1, 0.15) is 49.4 Å². The lowest BCUT2D eigenvalue weighted by molar-refractivity contribution is -0.284. The highest BCUT2D eigenvalue weighted by Gasteiger charge is 2.57. The topological polar surface area (TPSA) is 122 Å². The van der Waals surface area contributed by atoms with Gasteiger partial charge < -0.3 is 4.74 Å². The summed E-state index contributed by atoms with van der Waals surface area (Å²) in [6.45, 7) is 0.269. The Kier molecular flexibility index (Phi) is 7.79. The van der Waals surface area contributed by atoms with Crippen LogP contribution < -0.4 is 5.48 Å². The standard InChI is InChI=1S/C19H25F5N4O5S/c20-18(21,19(22,23)24)4-1-14-11-26-15(12-25-14)13-2-7-28(8-3-13)34(31,32)17(16(29)27-30)5-9-33-10-6-17/h11-13,30H,1-10H2,(H,27,29). The van der Waals surface area contributed by atoms with Gasteiger partial charge in [0.25, 0.3) is 5.91 Å². The van der Waals surface area contributed by atoms with Gasteiger partial charge in [0.05, 0.1) is 11.4 Å². The highest BCUT2D eigenvalue weighted by atomic mass is 32.2. The van der Waals surface area contributed by atoms with Gasteiger partial charge in [0.2, 0.25) is 10.0 Å². The summed E-state index contributed by atoms with van der Waals surface area (Å²) in [6, 6.07) is 0. The fourth-order valence-electron chi connectivity index (χ4n) is 4.18. The summed E-state index contributed by atoms with van der Waals surface area (Å²) in [6.07, 6.45) is -4.73. The number of amides is 1. The molecule has 0 spiro atoms. The third kappa shape index (κ3) is 5.16. The molecule has 0 radical (unpaired) electrons. The lowest BCUT2D eigenvalue weighted by Crippen LogP contribution is -2.60. The molecule has 3 heterocycles. The zero-order valence-corrected chi connectivity index (χ0v) is 18.8. The normalized spacial score (nSPS) is 20.8. The molecule has 0 atom stereocenters. The molecule has 2 saturated heterocycles. The van der Waals surface area contributed by atoms with Crippen LogP contribution >= 0.6 is 0 Å². The van der Waals surface area contributed by atoms with E-state index in [2.05, 4.69) is 9.97 Å². The maximum Gasteiger partial charge on any atom is 0.453 e. The van der Waals surface area contributed by atoms with Crippen molar-refractivity contribution in [3.8, 4) is 0 Å². The van der Waals surface area contributed by atoms with E-state index in [0.29, 0.717) is 18.5 Å². The SMILES string of the molecule is O=C(NO)C1(S(=O)(=O)N2CCC(c3cnc(CCC(F)(F)C(F)(F)F)cn3)CC2)CCOCC1. The van der Waals surface area contributed by atoms with Gasteiger partial charge in [-0.15, -0.1) is 0 Å². The van der Waals surface area contributed by atoms with E-state index in [1.807, 2.05) is 0 Å². The minimum absolute atomic E-state index is 0.0100. The number of alkyl halides is 5. The van der Waals surface area contributed by atoms with E-state index in [9.17, 15) is 35.2 Å². The molecule has 2 N–H and O–H groups in total. The second kappa shape index (κ2) is 9.95. The minimum atomic E-state index is -5.63. The van der Waals surface area contributed by atoms with Crippen LogP contribution in [0.2, 0.25) is 0 Å². The molecular formula is C19H25F5N4O5S. The summed E-state index contributed by atoms with van der Waals surface area (Å²) >= 11 is 0. The number of ether oxygens (including phenoxy) is 1. The van der Waals surface area contributed by atoms with E-state index in [4.69, 9.17) is 9.94 Å². The third-order valence-corrected chi connectivity index (χ3v) is 8.98. The molecule has 0 bridgehead atoms. The molecule has 0 aliphatic carbocycles. The van der Waals surface area contributed by atoms with Gasteiger partial charge in [-0.05, 0) is 19.3 Å². The third-order valence-electron chi connectivity index (χ3n) is 6.36. The number of aromatic nitrogens is 2. The summed E-state index contributed by atoms with van der Waals surface area (Å²) < 4.78 is 94.2. The summed E-state index contributed by atoms with van der Waals surface area (Å²) in [5.74, 6) is -6.03. The van der Waals surface area contributed by atoms with Crippen molar-refractivity contribution in [2.45, 2.75) is 61.3 Å². The Morgan fingerprint density at radius 3 is 2.26 bits per heavy atom.